The Balaban J connectivity index is 2.16. The van der Waals surface area contributed by atoms with Crippen LogP contribution in [0.5, 0.6) is 0 Å². The Morgan fingerprint density at radius 1 is 1.60 bits per heavy atom. The van der Waals surface area contributed by atoms with Gasteiger partial charge in [0.05, 0.1) is 5.69 Å². The SMILES string of the molecule is C=CC(=O)N(Cc1cn(C)nc1C)[C@H](C)C1CCCC1. The molecule has 1 heterocycles. The molecular formula is C16H25N3O. The summed E-state index contributed by atoms with van der Waals surface area (Å²) in [5, 5.41) is 4.36. The normalized spacial score (nSPS) is 17.1. The summed E-state index contributed by atoms with van der Waals surface area (Å²) in [6, 6.07) is 0.266. The maximum atomic E-state index is 12.2. The molecule has 1 saturated carbocycles. The number of carbonyl (C=O) groups excluding carboxylic acids is 1. The molecule has 1 atom stereocenters. The van der Waals surface area contributed by atoms with Crippen molar-refractivity contribution in [1.29, 1.82) is 0 Å². The van der Waals surface area contributed by atoms with Gasteiger partial charge in [-0.25, -0.2) is 0 Å². The number of nitrogens with zero attached hydrogens (tertiary/aromatic N) is 3. The van der Waals surface area contributed by atoms with Crippen LogP contribution in [0.3, 0.4) is 0 Å². The highest BCUT2D eigenvalue weighted by molar-refractivity contribution is 5.87. The molecule has 4 nitrogen and oxygen atoms in total. The van der Waals surface area contributed by atoms with Gasteiger partial charge in [0.2, 0.25) is 5.91 Å². The summed E-state index contributed by atoms with van der Waals surface area (Å²) in [7, 11) is 1.91. The number of aromatic nitrogens is 2. The van der Waals surface area contributed by atoms with Crippen LogP contribution in [0.4, 0.5) is 0 Å². The van der Waals surface area contributed by atoms with E-state index < -0.39 is 0 Å². The van der Waals surface area contributed by atoms with Crippen LogP contribution in [-0.4, -0.2) is 26.6 Å². The first-order chi connectivity index (χ1) is 9.52. The second-order valence-corrected chi connectivity index (χ2v) is 5.87. The van der Waals surface area contributed by atoms with E-state index in [0.29, 0.717) is 12.5 Å². The zero-order valence-electron chi connectivity index (χ0n) is 12.8. The quantitative estimate of drug-likeness (QED) is 0.775. The van der Waals surface area contributed by atoms with Gasteiger partial charge < -0.3 is 4.90 Å². The van der Waals surface area contributed by atoms with E-state index in [4.69, 9.17) is 0 Å². The van der Waals surface area contributed by atoms with Crippen molar-refractivity contribution in [2.45, 2.75) is 52.1 Å². The number of rotatable bonds is 5. The number of amides is 1. The lowest BCUT2D eigenvalue weighted by Crippen LogP contribution is -2.41. The van der Waals surface area contributed by atoms with E-state index in [9.17, 15) is 4.79 Å². The molecule has 1 aliphatic rings. The van der Waals surface area contributed by atoms with Gasteiger partial charge in [-0.3, -0.25) is 9.48 Å². The van der Waals surface area contributed by atoms with Gasteiger partial charge in [-0.2, -0.15) is 5.10 Å². The van der Waals surface area contributed by atoms with E-state index in [0.717, 1.165) is 11.3 Å². The molecule has 0 radical (unpaired) electrons. The fraction of sp³-hybridized carbons (Fsp3) is 0.625. The van der Waals surface area contributed by atoms with Crippen molar-refractivity contribution >= 4 is 5.91 Å². The van der Waals surface area contributed by atoms with Gasteiger partial charge in [0.15, 0.2) is 0 Å². The van der Waals surface area contributed by atoms with E-state index in [2.05, 4.69) is 18.6 Å². The van der Waals surface area contributed by atoms with Crippen molar-refractivity contribution in [3.8, 4) is 0 Å². The van der Waals surface area contributed by atoms with Crippen LogP contribution >= 0.6 is 0 Å². The molecule has 0 N–H and O–H groups in total. The molecule has 1 aliphatic carbocycles. The molecule has 0 bridgehead atoms. The number of hydrogen-bond acceptors (Lipinski definition) is 2. The zero-order valence-corrected chi connectivity index (χ0v) is 12.8. The molecule has 0 unspecified atom stereocenters. The lowest BCUT2D eigenvalue weighted by molar-refractivity contribution is -0.129. The van der Waals surface area contributed by atoms with Gasteiger partial charge in [-0.05, 0) is 38.7 Å². The van der Waals surface area contributed by atoms with Gasteiger partial charge in [0, 0.05) is 31.4 Å². The molecule has 110 valence electrons. The fourth-order valence-electron chi connectivity index (χ4n) is 3.22. The maximum absolute atomic E-state index is 12.2. The van der Waals surface area contributed by atoms with Gasteiger partial charge in [0.25, 0.3) is 0 Å². The summed E-state index contributed by atoms with van der Waals surface area (Å²) in [5.41, 5.74) is 2.11. The third-order valence-corrected chi connectivity index (χ3v) is 4.49. The molecule has 1 aromatic rings. The molecule has 1 fully saturated rings. The van der Waals surface area contributed by atoms with Crippen LogP contribution in [0.25, 0.3) is 0 Å². The summed E-state index contributed by atoms with van der Waals surface area (Å²) in [6.45, 7) is 8.44. The van der Waals surface area contributed by atoms with Gasteiger partial charge in [-0.1, -0.05) is 19.4 Å². The molecule has 0 aliphatic heterocycles. The molecule has 0 spiro atoms. The van der Waals surface area contributed by atoms with Crippen LogP contribution in [0.2, 0.25) is 0 Å². The molecule has 1 amide bonds. The summed E-state index contributed by atoms with van der Waals surface area (Å²) < 4.78 is 1.81. The Morgan fingerprint density at radius 2 is 2.25 bits per heavy atom. The number of hydrogen-bond donors (Lipinski definition) is 0. The molecule has 20 heavy (non-hydrogen) atoms. The van der Waals surface area contributed by atoms with Crippen LogP contribution < -0.4 is 0 Å². The van der Waals surface area contributed by atoms with Gasteiger partial charge in [0.1, 0.15) is 0 Å². The minimum absolute atomic E-state index is 0.0210. The second kappa shape index (κ2) is 6.25. The van der Waals surface area contributed by atoms with Gasteiger partial charge in [-0.15, -0.1) is 0 Å². The monoisotopic (exact) mass is 275 g/mol. The molecule has 0 saturated heterocycles. The van der Waals surface area contributed by atoms with Crippen molar-refractivity contribution in [1.82, 2.24) is 14.7 Å². The smallest absolute Gasteiger partial charge is 0.246 e. The number of aryl methyl sites for hydroxylation is 2. The Kier molecular flexibility index (Phi) is 4.63. The van der Waals surface area contributed by atoms with Crippen LogP contribution in [0, 0.1) is 12.8 Å². The van der Waals surface area contributed by atoms with Gasteiger partial charge >= 0.3 is 0 Å². The Labute approximate surface area is 121 Å². The van der Waals surface area contributed by atoms with Crippen molar-refractivity contribution in [2.75, 3.05) is 0 Å². The topological polar surface area (TPSA) is 38.1 Å². The molecule has 2 rings (SSSR count). The fourth-order valence-corrected chi connectivity index (χ4v) is 3.22. The van der Waals surface area contributed by atoms with E-state index in [1.165, 1.54) is 31.8 Å². The van der Waals surface area contributed by atoms with Crippen LogP contribution in [0.1, 0.15) is 43.9 Å². The van der Waals surface area contributed by atoms with E-state index in [1.807, 2.05) is 29.7 Å². The Morgan fingerprint density at radius 3 is 2.75 bits per heavy atom. The summed E-state index contributed by atoms with van der Waals surface area (Å²) in [4.78, 5) is 14.2. The molecular weight excluding hydrogens is 250 g/mol. The van der Waals surface area contributed by atoms with Crippen molar-refractivity contribution in [2.24, 2.45) is 13.0 Å². The van der Waals surface area contributed by atoms with Crippen molar-refractivity contribution in [3.63, 3.8) is 0 Å². The highest BCUT2D eigenvalue weighted by atomic mass is 16.2. The van der Waals surface area contributed by atoms with Crippen molar-refractivity contribution in [3.05, 3.63) is 30.1 Å². The predicted molar refractivity (Wildman–Crippen MR) is 80.1 cm³/mol. The van der Waals surface area contributed by atoms with E-state index >= 15 is 0 Å². The minimum atomic E-state index is 0.0210. The first-order valence-electron chi connectivity index (χ1n) is 7.45. The third kappa shape index (κ3) is 3.11. The molecule has 4 heteroatoms. The Hall–Kier alpha value is -1.58. The predicted octanol–water partition coefficient (Wildman–Crippen LogP) is 2.82. The lowest BCUT2D eigenvalue weighted by Gasteiger charge is -2.32. The highest BCUT2D eigenvalue weighted by Gasteiger charge is 2.29. The zero-order chi connectivity index (χ0) is 14.7. The molecule has 1 aromatic heterocycles. The van der Waals surface area contributed by atoms with E-state index in [1.54, 1.807) is 0 Å². The molecule has 0 aromatic carbocycles. The largest absolute Gasteiger partial charge is 0.332 e. The summed E-state index contributed by atoms with van der Waals surface area (Å²) in [6.07, 6.45) is 8.47. The minimum Gasteiger partial charge on any atom is -0.332 e. The first-order valence-corrected chi connectivity index (χ1v) is 7.45. The summed E-state index contributed by atoms with van der Waals surface area (Å²) >= 11 is 0. The summed E-state index contributed by atoms with van der Waals surface area (Å²) in [5.74, 6) is 0.642. The van der Waals surface area contributed by atoms with Crippen molar-refractivity contribution < 1.29 is 4.79 Å². The Bertz CT molecular complexity index is 486. The number of carbonyl (C=O) groups is 1. The average molecular weight is 275 g/mol. The van der Waals surface area contributed by atoms with Crippen LogP contribution in [0.15, 0.2) is 18.9 Å². The standard InChI is InChI=1S/C16H25N3O/c1-5-16(20)19(13(3)14-8-6-7-9-14)11-15-10-18(4)17-12(15)2/h5,10,13-14H,1,6-9,11H2,2-4H3/t13-/m1/s1. The average Bonchev–Trinajstić information content (AvgIpc) is 3.04. The van der Waals surface area contributed by atoms with E-state index in [-0.39, 0.29) is 11.9 Å². The van der Waals surface area contributed by atoms with Crippen LogP contribution in [-0.2, 0) is 18.4 Å². The highest BCUT2D eigenvalue weighted by Crippen LogP contribution is 2.31. The maximum Gasteiger partial charge on any atom is 0.246 e. The lowest BCUT2D eigenvalue weighted by atomic mass is 9.97. The third-order valence-electron chi connectivity index (χ3n) is 4.49. The second-order valence-electron chi connectivity index (χ2n) is 5.87. The first kappa shape index (κ1) is 14.8.